The Bertz CT molecular complexity index is 5790. The standard InChI is InChI=1S/C78H46N2/c1-39-14-5-7-18-45(39)72-75-56-23-13-22-50-48(64-25-12-17-42(4)80-64)26-32-57(66(50)56)76(75)73(46-19-8-6-15-40(46)2)78-60-35-31-54-52-29-33-58-69-55(28-27-51(67(52)69)53-30-34-59(77(72)78)70(60)68(53)54)62-38-44-36-43(63-24-11-16-41(3)79-63)37-61-47-20-9-10-21-49(47)74(65(44)61)71(58)62/h5-38H,1-4H3. The first kappa shape index (κ1) is 43.0. The van der Waals surface area contributed by atoms with Gasteiger partial charge in [-0.05, 0) is 254 Å². The summed E-state index contributed by atoms with van der Waals surface area (Å²) >= 11 is 0. The van der Waals surface area contributed by atoms with Crippen molar-refractivity contribution in [2.24, 2.45) is 0 Å². The molecule has 0 radical (unpaired) electrons. The van der Waals surface area contributed by atoms with Crippen molar-refractivity contribution in [3.8, 4) is 44.8 Å². The molecule has 0 fully saturated rings. The number of hydrogen-bond acceptors (Lipinski definition) is 2. The van der Waals surface area contributed by atoms with Crippen molar-refractivity contribution in [3.05, 3.63) is 229 Å². The summed E-state index contributed by atoms with van der Waals surface area (Å²) in [7, 11) is 0. The summed E-state index contributed by atoms with van der Waals surface area (Å²) in [5, 5.41) is 37.0. The minimum absolute atomic E-state index is 1.01. The Morgan fingerprint density at radius 2 is 0.625 bits per heavy atom. The van der Waals surface area contributed by atoms with Gasteiger partial charge in [-0.3, -0.25) is 9.97 Å². The molecule has 0 saturated heterocycles. The zero-order valence-corrected chi connectivity index (χ0v) is 44.5. The molecule has 0 amide bonds. The van der Waals surface area contributed by atoms with Gasteiger partial charge >= 0.3 is 0 Å². The van der Waals surface area contributed by atoms with Crippen LogP contribution in [0.2, 0.25) is 0 Å². The molecule has 2 heteroatoms. The van der Waals surface area contributed by atoms with Crippen molar-refractivity contribution in [2.75, 3.05) is 0 Å². The summed E-state index contributed by atoms with van der Waals surface area (Å²) in [5.74, 6) is 0. The van der Waals surface area contributed by atoms with Gasteiger partial charge in [-0.15, -0.1) is 0 Å². The fourth-order valence-corrected chi connectivity index (χ4v) is 15.9. The highest BCUT2D eigenvalue weighted by Crippen LogP contribution is 2.59. The van der Waals surface area contributed by atoms with E-state index in [4.69, 9.17) is 9.97 Å². The van der Waals surface area contributed by atoms with Crippen LogP contribution in [-0.4, -0.2) is 9.97 Å². The van der Waals surface area contributed by atoms with Crippen LogP contribution in [0, 0.1) is 27.7 Å². The van der Waals surface area contributed by atoms with Gasteiger partial charge in [0.25, 0.3) is 0 Å². The molecule has 0 N–H and O–H groups in total. The topological polar surface area (TPSA) is 25.8 Å². The van der Waals surface area contributed by atoms with E-state index in [1.807, 2.05) is 0 Å². The zero-order valence-electron chi connectivity index (χ0n) is 44.5. The van der Waals surface area contributed by atoms with E-state index in [0.717, 1.165) is 28.3 Å². The summed E-state index contributed by atoms with van der Waals surface area (Å²) in [5.41, 5.74) is 14.1. The van der Waals surface area contributed by atoms with E-state index < -0.39 is 0 Å². The molecule has 0 unspecified atom stereocenters. The van der Waals surface area contributed by atoms with Gasteiger partial charge in [0.1, 0.15) is 0 Å². The lowest BCUT2D eigenvalue weighted by Gasteiger charge is -2.17. The third-order valence-corrected chi connectivity index (χ3v) is 19.0. The molecule has 0 atom stereocenters. The van der Waals surface area contributed by atoms with Crippen LogP contribution < -0.4 is 0 Å². The van der Waals surface area contributed by atoms with Crippen LogP contribution in [0.3, 0.4) is 0 Å². The Kier molecular flexibility index (Phi) is 8.04. The van der Waals surface area contributed by atoms with Crippen molar-refractivity contribution in [3.63, 3.8) is 0 Å². The van der Waals surface area contributed by atoms with Gasteiger partial charge < -0.3 is 0 Å². The maximum Gasteiger partial charge on any atom is 0.0711 e. The van der Waals surface area contributed by atoms with Crippen LogP contribution in [0.1, 0.15) is 22.5 Å². The van der Waals surface area contributed by atoms with E-state index in [0.29, 0.717) is 0 Å². The van der Waals surface area contributed by atoms with E-state index in [9.17, 15) is 0 Å². The lowest BCUT2D eigenvalue weighted by molar-refractivity contribution is 1.21. The molecule has 80 heavy (non-hydrogen) atoms. The SMILES string of the molecule is Cc1cccc(-c2cc3cc4c5ccc6c7ccc8c9c(-c%10ccccc%10C)c%10c%11cccc%12c(-c%13cccc(C)n%13)ccc(c%10c(-c%10ccccc%10C)c9c9ccc(c%10ccc(c5c6%10)c4c4c5ccccc5c(c2)c34)c7c89)c%12%11)n1. The molecule has 0 bridgehead atoms. The van der Waals surface area contributed by atoms with E-state index in [1.165, 1.54) is 190 Å². The Balaban J connectivity index is 0.970. The second kappa shape index (κ2) is 15.0. The monoisotopic (exact) mass is 1010 g/mol. The van der Waals surface area contributed by atoms with Crippen LogP contribution in [0.4, 0.5) is 0 Å². The van der Waals surface area contributed by atoms with Crippen molar-refractivity contribution in [2.45, 2.75) is 27.7 Å². The molecule has 17 aromatic carbocycles. The predicted octanol–water partition coefficient (Wildman–Crippen LogP) is 21.7. The first-order valence-corrected chi connectivity index (χ1v) is 28.1. The highest BCUT2D eigenvalue weighted by Gasteiger charge is 2.31. The summed E-state index contributed by atoms with van der Waals surface area (Å²) in [6.45, 7) is 8.76. The first-order chi connectivity index (χ1) is 39.4. The maximum absolute atomic E-state index is 5.09. The largest absolute Gasteiger partial charge is 0.253 e. The third kappa shape index (κ3) is 5.21. The van der Waals surface area contributed by atoms with Crippen LogP contribution >= 0.6 is 0 Å². The van der Waals surface area contributed by atoms with Gasteiger partial charge in [0.05, 0.1) is 11.4 Å². The second-order valence-corrected chi connectivity index (χ2v) is 23.1. The van der Waals surface area contributed by atoms with E-state index in [1.54, 1.807) is 0 Å². The highest BCUT2D eigenvalue weighted by molar-refractivity contribution is 6.52. The van der Waals surface area contributed by atoms with Gasteiger partial charge in [-0.25, -0.2) is 0 Å². The number of aryl methyl sites for hydroxylation is 4. The number of hydrogen-bond donors (Lipinski definition) is 0. The Hall–Kier alpha value is -10.0. The first-order valence-electron chi connectivity index (χ1n) is 28.1. The summed E-state index contributed by atoms with van der Waals surface area (Å²) in [6, 6.07) is 78.7. The molecule has 0 aliphatic rings. The van der Waals surface area contributed by atoms with Gasteiger partial charge in [-0.1, -0.05) is 164 Å². The van der Waals surface area contributed by atoms with Crippen molar-refractivity contribution in [1.29, 1.82) is 0 Å². The molecule has 2 aromatic heterocycles. The minimum Gasteiger partial charge on any atom is -0.253 e. The number of pyridine rings is 2. The Labute approximate surface area is 459 Å². The number of fused-ring (bicyclic) bond motifs is 15. The van der Waals surface area contributed by atoms with Crippen LogP contribution in [0.15, 0.2) is 206 Å². The average Bonchev–Trinajstić information content (AvgIpc) is 4.39. The van der Waals surface area contributed by atoms with Gasteiger partial charge in [0.2, 0.25) is 0 Å². The second-order valence-electron chi connectivity index (χ2n) is 23.1. The molecule has 0 spiro atoms. The molecule has 19 rings (SSSR count). The average molecular weight is 1010 g/mol. The third-order valence-electron chi connectivity index (χ3n) is 19.0. The zero-order chi connectivity index (χ0) is 52.5. The quantitative estimate of drug-likeness (QED) is 0.130. The van der Waals surface area contributed by atoms with E-state index in [-0.39, 0.29) is 0 Å². The Morgan fingerprint density at radius 3 is 1.24 bits per heavy atom. The molecule has 2 nitrogen and oxygen atoms in total. The van der Waals surface area contributed by atoms with Gasteiger partial charge in [0.15, 0.2) is 0 Å². The van der Waals surface area contributed by atoms with Crippen LogP contribution in [0.25, 0.3) is 196 Å². The van der Waals surface area contributed by atoms with Crippen LogP contribution in [0.5, 0.6) is 0 Å². The van der Waals surface area contributed by atoms with Crippen LogP contribution in [-0.2, 0) is 0 Å². The fourth-order valence-electron chi connectivity index (χ4n) is 15.9. The predicted molar refractivity (Wildman–Crippen MR) is 344 cm³/mol. The molecular weight excluding hydrogens is 965 g/mol. The smallest absolute Gasteiger partial charge is 0.0711 e. The van der Waals surface area contributed by atoms with E-state index in [2.05, 4.69) is 234 Å². The molecule has 0 saturated carbocycles. The molecule has 2 heterocycles. The van der Waals surface area contributed by atoms with Crippen molar-refractivity contribution < 1.29 is 0 Å². The minimum atomic E-state index is 1.01. The molecule has 0 aliphatic carbocycles. The normalized spacial score (nSPS) is 12.8. The summed E-state index contributed by atoms with van der Waals surface area (Å²) in [4.78, 5) is 10.1. The van der Waals surface area contributed by atoms with Crippen molar-refractivity contribution >= 4 is 151 Å². The molecule has 19 aromatic rings. The lowest BCUT2D eigenvalue weighted by Crippen LogP contribution is -1.91. The molecular formula is C78H46N2. The molecule has 0 aliphatic heterocycles. The van der Waals surface area contributed by atoms with Crippen molar-refractivity contribution in [1.82, 2.24) is 9.97 Å². The summed E-state index contributed by atoms with van der Waals surface area (Å²) in [6.07, 6.45) is 0. The lowest BCUT2D eigenvalue weighted by atomic mass is 9.85. The van der Waals surface area contributed by atoms with Gasteiger partial charge in [-0.2, -0.15) is 0 Å². The highest BCUT2D eigenvalue weighted by atomic mass is 14.7. The number of aromatic nitrogens is 2. The number of benzene rings is 13. The number of nitrogens with zero attached hydrogens (tertiary/aromatic N) is 2. The van der Waals surface area contributed by atoms with Gasteiger partial charge in [0, 0.05) is 22.5 Å². The summed E-state index contributed by atoms with van der Waals surface area (Å²) < 4.78 is 0. The maximum atomic E-state index is 5.09. The number of rotatable bonds is 4. The van der Waals surface area contributed by atoms with E-state index >= 15 is 0 Å². The Morgan fingerprint density at radius 1 is 0.225 bits per heavy atom. The molecule has 368 valence electrons. The fraction of sp³-hybridized carbons (Fsp3) is 0.0513.